The van der Waals surface area contributed by atoms with Gasteiger partial charge in [-0.2, -0.15) is 0 Å². The molecule has 1 fully saturated rings. The lowest BCUT2D eigenvalue weighted by atomic mass is 10.2. The van der Waals surface area contributed by atoms with Crippen LogP contribution in [0.15, 0.2) is 12.3 Å². The Morgan fingerprint density at radius 2 is 2.36 bits per heavy atom. The first-order valence-corrected chi connectivity index (χ1v) is 5.19. The number of pyridine rings is 1. The highest BCUT2D eigenvalue weighted by Gasteiger charge is 2.28. The second-order valence-corrected chi connectivity index (χ2v) is 3.88. The molecular formula is C10H12ClFN2. The predicted molar refractivity (Wildman–Crippen MR) is 55.2 cm³/mol. The van der Waals surface area contributed by atoms with Gasteiger partial charge in [-0.05, 0) is 18.9 Å². The van der Waals surface area contributed by atoms with E-state index in [1.807, 2.05) is 7.05 Å². The van der Waals surface area contributed by atoms with Gasteiger partial charge in [-0.25, -0.2) is 9.37 Å². The van der Waals surface area contributed by atoms with Gasteiger partial charge in [0.1, 0.15) is 11.6 Å². The number of anilines is 1. The molecule has 1 saturated carbocycles. The smallest absolute Gasteiger partial charge is 0.141 e. The second-order valence-electron chi connectivity index (χ2n) is 3.61. The molecule has 0 atom stereocenters. The summed E-state index contributed by atoms with van der Waals surface area (Å²) in [6.07, 6.45) is 3.62. The number of hydrogen-bond acceptors (Lipinski definition) is 2. The summed E-state index contributed by atoms with van der Waals surface area (Å²) in [6.45, 7) is 0. The highest BCUT2D eigenvalue weighted by molar-refractivity contribution is 6.17. The van der Waals surface area contributed by atoms with Gasteiger partial charge in [0.25, 0.3) is 0 Å². The molecule has 1 heterocycles. The van der Waals surface area contributed by atoms with Crippen LogP contribution in [-0.2, 0) is 5.88 Å². The van der Waals surface area contributed by atoms with Gasteiger partial charge in [0.05, 0.1) is 12.1 Å². The summed E-state index contributed by atoms with van der Waals surface area (Å²) in [4.78, 5) is 6.16. The maximum atomic E-state index is 12.9. The molecule has 1 aromatic heterocycles. The van der Waals surface area contributed by atoms with E-state index in [1.54, 1.807) is 0 Å². The van der Waals surface area contributed by atoms with E-state index in [0.717, 1.165) is 11.4 Å². The summed E-state index contributed by atoms with van der Waals surface area (Å²) < 4.78 is 12.9. The number of halogens is 2. The Labute approximate surface area is 87.7 Å². The van der Waals surface area contributed by atoms with Crippen LogP contribution in [0, 0.1) is 5.82 Å². The van der Waals surface area contributed by atoms with Crippen molar-refractivity contribution >= 4 is 17.4 Å². The molecule has 14 heavy (non-hydrogen) atoms. The standard InChI is InChI=1S/C10H12ClFN2/c1-14(9-2-3-9)10-7(5-11)4-8(12)6-13-10/h4,6,9H,2-3,5H2,1H3. The van der Waals surface area contributed by atoms with E-state index in [1.165, 1.54) is 25.1 Å². The van der Waals surface area contributed by atoms with Gasteiger partial charge >= 0.3 is 0 Å². The zero-order chi connectivity index (χ0) is 10.1. The third-order valence-corrected chi connectivity index (χ3v) is 2.77. The van der Waals surface area contributed by atoms with E-state index in [9.17, 15) is 4.39 Å². The first-order chi connectivity index (χ1) is 6.72. The Morgan fingerprint density at radius 1 is 1.64 bits per heavy atom. The summed E-state index contributed by atoms with van der Waals surface area (Å²) in [5, 5.41) is 0. The number of nitrogens with zero attached hydrogens (tertiary/aromatic N) is 2. The Kier molecular flexibility index (Phi) is 2.59. The van der Waals surface area contributed by atoms with E-state index in [-0.39, 0.29) is 5.82 Å². The van der Waals surface area contributed by atoms with Crippen molar-refractivity contribution in [2.75, 3.05) is 11.9 Å². The summed E-state index contributed by atoms with van der Waals surface area (Å²) in [5.41, 5.74) is 0.765. The molecule has 76 valence electrons. The van der Waals surface area contributed by atoms with E-state index < -0.39 is 0 Å². The van der Waals surface area contributed by atoms with Gasteiger partial charge in [-0.15, -0.1) is 11.6 Å². The molecule has 0 saturated heterocycles. The van der Waals surface area contributed by atoms with Gasteiger partial charge in [-0.1, -0.05) is 0 Å². The molecule has 0 bridgehead atoms. The van der Waals surface area contributed by atoms with Gasteiger partial charge in [-0.3, -0.25) is 0 Å². The van der Waals surface area contributed by atoms with Crippen molar-refractivity contribution in [1.82, 2.24) is 4.98 Å². The molecule has 1 aromatic rings. The van der Waals surface area contributed by atoms with Crippen LogP contribution in [0.2, 0.25) is 0 Å². The third-order valence-electron chi connectivity index (χ3n) is 2.48. The minimum absolute atomic E-state index is 0.303. The third kappa shape index (κ3) is 1.82. The minimum atomic E-state index is -0.325. The van der Waals surface area contributed by atoms with E-state index >= 15 is 0 Å². The average molecular weight is 215 g/mol. The molecule has 1 aliphatic rings. The molecule has 2 nitrogen and oxygen atoms in total. The molecule has 0 N–H and O–H groups in total. The molecule has 2 rings (SSSR count). The quantitative estimate of drug-likeness (QED) is 0.719. The van der Waals surface area contributed by atoms with E-state index in [4.69, 9.17) is 11.6 Å². The minimum Gasteiger partial charge on any atom is -0.356 e. The SMILES string of the molecule is CN(c1ncc(F)cc1CCl)C1CC1. The lowest BCUT2D eigenvalue weighted by molar-refractivity contribution is 0.619. The normalized spacial score (nSPS) is 15.6. The predicted octanol–water partition coefficient (Wildman–Crippen LogP) is 2.56. The lowest BCUT2D eigenvalue weighted by Crippen LogP contribution is -2.22. The molecule has 0 amide bonds. The van der Waals surface area contributed by atoms with E-state index in [2.05, 4.69) is 9.88 Å². The highest BCUT2D eigenvalue weighted by Crippen LogP contribution is 2.31. The maximum absolute atomic E-state index is 12.9. The summed E-state index contributed by atoms with van der Waals surface area (Å²) >= 11 is 5.74. The first kappa shape index (κ1) is 9.71. The van der Waals surface area contributed by atoms with Gasteiger partial charge in [0, 0.05) is 18.7 Å². The van der Waals surface area contributed by atoms with Crippen LogP contribution in [0.4, 0.5) is 10.2 Å². The Balaban J connectivity index is 2.30. The number of aromatic nitrogens is 1. The van der Waals surface area contributed by atoms with Crippen molar-refractivity contribution in [3.05, 3.63) is 23.6 Å². The number of hydrogen-bond donors (Lipinski definition) is 0. The summed E-state index contributed by atoms with van der Waals surface area (Å²) in [5.74, 6) is 0.787. The molecule has 0 aromatic carbocycles. The Hall–Kier alpha value is -0.830. The first-order valence-electron chi connectivity index (χ1n) is 4.65. The highest BCUT2D eigenvalue weighted by atomic mass is 35.5. The maximum Gasteiger partial charge on any atom is 0.141 e. The monoisotopic (exact) mass is 214 g/mol. The zero-order valence-electron chi connectivity index (χ0n) is 8.00. The van der Waals surface area contributed by atoms with Crippen LogP contribution in [0.1, 0.15) is 18.4 Å². The number of rotatable bonds is 3. The van der Waals surface area contributed by atoms with Crippen LogP contribution >= 0.6 is 11.6 Å². The van der Waals surface area contributed by atoms with Crippen LogP contribution in [0.3, 0.4) is 0 Å². The molecule has 0 radical (unpaired) electrons. The van der Waals surface area contributed by atoms with Crippen LogP contribution in [0.5, 0.6) is 0 Å². The molecular weight excluding hydrogens is 203 g/mol. The van der Waals surface area contributed by atoms with E-state index in [0.29, 0.717) is 11.9 Å². The molecule has 0 spiro atoms. The fourth-order valence-electron chi connectivity index (χ4n) is 1.52. The van der Waals surface area contributed by atoms with Gasteiger partial charge in [0.2, 0.25) is 0 Å². The fraction of sp³-hybridized carbons (Fsp3) is 0.500. The largest absolute Gasteiger partial charge is 0.356 e. The van der Waals surface area contributed by atoms with Gasteiger partial charge < -0.3 is 4.90 Å². The van der Waals surface area contributed by atoms with Gasteiger partial charge in [0.15, 0.2) is 0 Å². The van der Waals surface area contributed by atoms with Crippen molar-refractivity contribution in [2.45, 2.75) is 24.8 Å². The van der Waals surface area contributed by atoms with Crippen LogP contribution in [-0.4, -0.2) is 18.1 Å². The fourth-order valence-corrected chi connectivity index (χ4v) is 1.72. The topological polar surface area (TPSA) is 16.1 Å². The zero-order valence-corrected chi connectivity index (χ0v) is 8.76. The Morgan fingerprint density at radius 3 is 2.93 bits per heavy atom. The molecule has 0 aliphatic heterocycles. The second kappa shape index (κ2) is 3.73. The van der Waals surface area contributed by atoms with Crippen molar-refractivity contribution in [1.29, 1.82) is 0 Å². The van der Waals surface area contributed by atoms with Crippen LogP contribution in [0.25, 0.3) is 0 Å². The summed E-state index contributed by atoms with van der Waals surface area (Å²) in [6, 6.07) is 2.02. The molecule has 4 heteroatoms. The molecule has 0 unspecified atom stereocenters. The van der Waals surface area contributed by atoms with Crippen LogP contribution < -0.4 is 4.90 Å². The average Bonchev–Trinajstić information content (AvgIpc) is 3.00. The Bertz CT molecular complexity index is 339. The summed E-state index contributed by atoms with van der Waals surface area (Å²) in [7, 11) is 1.98. The van der Waals surface area contributed by atoms with Crippen molar-refractivity contribution in [3.63, 3.8) is 0 Å². The van der Waals surface area contributed by atoms with Crippen molar-refractivity contribution < 1.29 is 4.39 Å². The van der Waals surface area contributed by atoms with Crippen molar-refractivity contribution in [3.8, 4) is 0 Å². The molecule has 1 aliphatic carbocycles. The van der Waals surface area contributed by atoms with Crippen molar-refractivity contribution in [2.24, 2.45) is 0 Å². The lowest BCUT2D eigenvalue weighted by Gasteiger charge is -2.19. The number of alkyl halides is 1.